The summed E-state index contributed by atoms with van der Waals surface area (Å²) in [5.74, 6) is 6.13. The molecule has 3 aromatic rings. The van der Waals surface area contributed by atoms with Gasteiger partial charge in [-0.1, -0.05) is 48.5 Å². The second kappa shape index (κ2) is 5.67. The molecule has 3 rings (SSSR count). The number of rotatable bonds is 3. The molecule has 20 heavy (non-hydrogen) atoms. The fraction of sp³-hybridized carbons (Fsp3) is 0.158. The molecule has 0 atom stereocenters. The standard InChI is InChI=1S/C19H17N/c1-2-3-9-14-20-18-13-8-7-12-17(18)15-19(20)16-10-5-4-6-11-16/h4-8,10-13,15H,9,14H2,1H3. The smallest absolute Gasteiger partial charge is 0.0491 e. The molecule has 1 heterocycles. The van der Waals surface area contributed by atoms with Gasteiger partial charge < -0.3 is 4.57 Å². The van der Waals surface area contributed by atoms with E-state index < -0.39 is 0 Å². The Hall–Kier alpha value is -2.46. The van der Waals surface area contributed by atoms with E-state index in [1.54, 1.807) is 0 Å². The van der Waals surface area contributed by atoms with Crippen LogP contribution in [0.15, 0.2) is 60.7 Å². The molecule has 0 spiro atoms. The molecule has 0 bridgehead atoms. The average Bonchev–Trinajstić information content (AvgIpc) is 2.87. The van der Waals surface area contributed by atoms with Gasteiger partial charge in [0.15, 0.2) is 0 Å². The van der Waals surface area contributed by atoms with E-state index in [0.29, 0.717) is 0 Å². The van der Waals surface area contributed by atoms with Crippen LogP contribution in [0, 0.1) is 11.8 Å². The molecule has 1 aromatic heterocycles. The highest BCUT2D eigenvalue weighted by molar-refractivity contribution is 5.87. The van der Waals surface area contributed by atoms with Gasteiger partial charge in [-0.25, -0.2) is 0 Å². The third kappa shape index (κ3) is 2.33. The van der Waals surface area contributed by atoms with Gasteiger partial charge in [0.1, 0.15) is 0 Å². The Kier molecular flexibility index (Phi) is 3.56. The van der Waals surface area contributed by atoms with Gasteiger partial charge in [-0.2, -0.15) is 0 Å². The van der Waals surface area contributed by atoms with Crippen LogP contribution < -0.4 is 0 Å². The van der Waals surface area contributed by atoms with E-state index in [2.05, 4.69) is 77.1 Å². The Bertz CT molecular complexity index is 770. The number of hydrogen-bond acceptors (Lipinski definition) is 0. The van der Waals surface area contributed by atoms with Crippen molar-refractivity contribution in [3.8, 4) is 23.1 Å². The van der Waals surface area contributed by atoms with Crippen molar-refractivity contribution in [3.05, 3.63) is 60.7 Å². The molecule has 0 amide bonds. The molecule has 0 fully saturated rings. The molecule has 0 aliphatic heterocycles. The minimum atomic E-state index is 0.884. The number of nitrogens with zero attached hydrogens (tertiary/aromatic N) is 1. The molecule has 1 nitrogen and oxygen atoms in total. The van der Waals surface area contributed by atoms with E-state index in [0.717, 1.165) is 13.0 Å². The summed E-state index contributed by atoms with van der Waals surface area (Å²) in [6, 6.07) is 21.4. The Morgan fingerprint density at radius 2 is 1.70 bits per heavy atom. The van der Waals surface area contributed by atoms with Gasteiger partial charge in [0.05, 0.1) is 0 Å². The van der Waals surface area contributed by atoms with Crippen molar-refractivity contribution in [3.63, 3.8) is 0 Å². The number of hydrogen-bond donors (Lipinski definition) is 0. The lowest BCUT2D eigenvalue weighted by Gasteiger charge is -2.09. The van der Waals surface area contributed by atoms with Gasteiger partial charge in [0, 0.05) is 29.6 Å². The van der Waals surface area contributed by atoms with E-state index in [4.69, 9.17) is 0 Å². The summed E-state index contributed by atoms with van der Waals surface area (Å²) in [4.78, 5) is 0. The minimum absolute atomic E-state index is 0.884. The first-order chi connectivity index (χ1) is 9.90. The van der Waals surface area contributed by atoms with E-state index in [9.17, 15) is 0 Å². The second-order valence-electron chi connectivity index (χ2n) is 4.78. The largest absolute Gasteiger partial charge is 0.340 e. The fourth-order valence-corrected chi connectivity index (χ4v) is 2.59. The average molecular weight is 259 g/mol. The van der Waals surface area contributed by atoms with Crippen LogP contribution in [0.5, 0.6) is 0 Å². The molecule has 98 valence electrons. The zero-order valence-corrected chi connectivity index (χ0v) is 11.6. The van der Waals surface area contributed by atoms with Gasteiger partial charge in [-0.3, -0.25) is 0 Å². The zero-order valence-electron chi connectivity index (χ0n) is 11.6. The topological polar surface area (TPSA) is 4.93 Å². The third-order valence-electron chi connectivity index (χ3n) is 3.52. The van der Waals surface area contributed by atoms with Crippen LogP contribution in [-0.2, 0) is 6.54 Å². The van der Waals surface area contributed by atoms with Crippen LogP contribution in [0.4, 0.5) is 0 Å². The number of fused-ring (bicyclic) bond motifs is 1. The maximum atomic E-state index is 3.16. The predicted molar refractivity (Wildman–Crippen MR) is 85.4 cm³/mol. The van der Waals surface area contributed by atoms with Crippen molar-refractivity contribution in [2.45, 2.75) is 19.9 Å². The number of para-hydroxylation sites is 1. The van der Waals surface area contributed by atoms with Crippen molar-refractivity contribution in [2.75, 3.05) is 0 Å². The fourth-order valence-electron chi connectivity index (χ4n) is 2.59. The normalized spacial score (nSPS) is 10.2. The van der Waals surface area contributed by atoms with E-state index in [1.165, 1.54) is 22.2 Å². The van der Waals surface area contributed by atoms with Crippen LogP contribution in [0.1, 0.15) is 13.3 Å². The Labute approximate surface area is 119 Å². The van der Waals surface area contributed by atoms with Gasteiger partial charge >= 0.3 is 0 Å². The maximum absolute atomic E-state index is 3.16. The molecular weight excluding hydrogens is 242 g/mol. The first-order valence-electron chi connectivity index (χ1n) is 6.93. The predicted octanol–water partition coefficient (Wildman–Crippen LogP) is 4.72. The molecule has 0 aliphatic carbocycles. The zero-order chi connectivity index (χ0) is 13.8. The maximum Gasteiger partial charge on any atom is 0.0491 e. The van der Waals surface area contributed by atoms with Gasteiger partial charge in [0.2, 0.25) is 0 Å². The summed E-state index contributed by atoms with van der Waals surface area (Å²) in [7, 11) is 0. The van der Waals surface area contributed by atoms with Crippen molar-refractivity contribution >= 4 is 10.9 Å². The number of aryl methyl sites for hydroxylation is 1. The summed E-state index contributed by atoms with van der Waals surface area (Å²) in [6.45, 7) is 2.82. The third-order valence-corrected chi connectivity index (χ3v) is 3.52. The highest BCUT2D eigenvalue weighted by Gasteiger charge is 2.09. The van der Waals surface area contributed by atoms with Crippen LogP contribution >= 0.6 is 0 Å². The van der Waals surface area contributed by atoms with Gasteiger partial charge in [-0.15, -0.1) is 11.8 Å². The molecule has 0 saturated carbocycles. The summed E-state index contributed by atoms with van der Waals surface area (Å²) < 4.78 is 2.37. The van der Waals surface area contributed by atoms with E-state index in [-0.39, 0.29) is 0 Å². The lowest BCUT2D eigenvalue weighted by molar-refractivity contribution is 0.756. The highest BCUT2D eigenvalue weighted by Crippen LogP contribution is 2.28. The number of aromatic nitrogens is 1. The summed E-state index contributed by atoms with van der Waals surface area (Å²) in [5.41, 5.74) is 3.81. The van der Waals surface area contributed by atoms with Crippen molar-refractivity contribution in [1.29, 1.82) is 0 Å². The monoisotopic (exact) mass is 259 g/mol. The molecule has 0 saturated heterocycles. The Morgan fingerprint density at radius 1 is 0.950 bits per heavy atom. The highest BCUT2D eigenvalue weighted by atomic mass is 15.0. The van der Waals surface area contributed by atoms with Crippen molar-refractivity contribution in [2.24, 2.45) is 0 Å². The quantitative estimate of drug-likeness (QED) is 0.600. The van der Waals surface area contributed by atoms with Crippen LogP contribution in [0.25, 0.3) is 22.2 Å². The summed E-state index contributed by atoms with van der Waals surface area (Å²) in [5, 5.41) is 1.29. The Morgan fingerprint density at radius 3 is 2.50 bits per heavy atom. The van der Waals surface area contributed by atoms with Gasteiger partial charge in [-0.05, 0) is 24.6 Å². The van der Waals surface area contributed by atoms with Crippen LogP contribution in [0.3, 0.4) is 0 Å². The second-order valence-corrected chi connectivity index (χ2v) is 4.78. The van der Waals surface area contributed by atoms with Crippen LogP contribution in [0.2, 0.25) is 0 Å². The molecule has 1 heteroatoms. The van der Waals surface area contributed by atoms with E-state index >= 15 is 0 Å². The minimum Gasteiger partial charge on any atom is -0.340 e. The SMILES string of the molecule is CC#CCCn1c(-c2ccccc2)cc2ccccc21. The molecule has 0 radical (unpaired) electrons. The molecule has 0 aliphatic rings. The first-order valence-corrected chi connectivity index (χ1v) is 6.93. The Balaban J connectivity index is 2.14. The molecule has 0 unspecified atom stereocenters. The van der Waals surface area contributed by atoms with Crippen LogP contribution in [-0.4, -0.2) is 4.57 Å². The molecule has 0 N–H and O–H groups in total. The summed E-state index contributed by atoms with van der Waals surface area (Å²) in [6.07, 6.45) is 0.884. The summed E-state index contributed by atoms with van der Waals surface area (Å²) >= 11 is 0. The molecular formula is C19H17N. The first kappa shape index (κ1) is 12.6. The van der Waals surface area contributed by atoms with Gasteiger partial charge in [0.25, 0.3) is 0 Å². The van der Waals surface area contributed by atoms with Crippen molar-refractivity contribution in [1.82, 2.24) is 4.57 Å². The van der Waals surface area contributed by atoms with Crippen molar-refractivity contribution < 1.29 is 0 Å². The molecule has 2 aromatic carbocycles. The van der Waals surface area contributed by atoms with E-state index in [1.807, 2.05) is 6.92 Å². The lowest BCUT2D eigenvalue weighted by atomic mass is 10.1. The number of benzene rings is 2. The lowest BCUT2D eigenvalue weighted by Crippen LogP contribution is -1.99.